The first-order chi connectivity index (χ1) is 17.3. The van der Waals surface area contributed by atoms with Gasteiger partial charge in [0.05, 0.1) is 5.41 Å². The number of amidine groups is 1. The number of aliphatic imine (C=N–C) groups is 2. The molecule has 1 fully saturated rings. The minimum Gasteiger partial charge on any atom is -0.442 e. The van der Waals surface area contributed by atoms with Crippen LogP contribution >= 0.6 is 0 Å². The smallest absolute Gasteiger partial charge is 0.313 e. The van der Waals surface area contributed by atoms with E-state index in [1.54, 1.807) is 39.0 Å². The van der Waals surface area contributed by atoms with E-state index in [0.717, 1.165) is 18.0 Å². The van der Waals surface area contributed by atoms with Gasteiger partial charge in [-0.1, -0.05) is 74.6 Å². The van der Waals surface area contributed by atoms with Crippen LogP contribution < -0.4 is 11.1 Å². The molecule has 0 radical (unpaired) electrons. The molecular formula is C29H39FN4O2. The first kappa shape index (κ1) is 27.5. The molecule has 6 nitrogen and oxygen atoms in total. The monoisotopic (exact) mass is 494 g/mol. The molecule has 2 aromatic rings. The van der Waals surface area contributed by atoms with Gasteiger partial charge in [-0.25, -0.2) is 14.4 Å². The Labute approximate surface area is 214 Å². The molecular weight excluding hydrogens is 455 g/mol. The minimum absolute atomic E-state index is 0.114. The average molecular weight is 495 g/mol. The molecule has 7 heteroatoms. The lowest BCUT2D eigenvalue weighted by Gasteiger charge is -2.21. The summed E-state index contributed by atoms with van der Waals surface area (Å²) in [5.74, 6) is 0.547. The summed E-state index contributed by atoms with van der Waals surface area (Å²) >= 11 is 0. The maximum absolute atomic E-state index is 15.2. The second-order valence-corrected chi connectivity index (χ2v) is 10.4. The van der Waals surface area contributed by atoms with Gasteiger partial charge in [0.25, 0.3) is 0 Å². The van der Waals surface area contributed by atoms with E-state index in [9.17, 15) is 4.79 Å². The lowest BCUT2D eigenvalue weighted by molar-refractivity contribution is -0.152. The van der Waals surface area contributed by atoms with Crippen molar-refractivity contribution >= 4 is 18.1 Å². The van der Waals surface area contributed by atoms with Gasteiger partial charge in [-0.3, -0.25) is 4.79 Å². The largest absolute Gasteiger partial charge is 0.442 e. The molecule has 0 atom stereocenters. The van der Waals surface area contributed by atoms with Crippen LogP contribution in [0.1, 0.15) is 70.4 Å². The highest BCUT2D eigenvalue weighted by Crippen LogP contribution is 2.27. The Hall–Kier alpha value is -3.06. The molecule has 0 saturated heterocycles. The first-order valence-electron chi connectivity index (χ1n) is 12.8. The van der Waals surface area contributed by atoms with Gasteiger partial charge in [0, 0.05) is 23.2 Å². The SMILES string of the molecule is CC(C)(C)C(=O)OC/N=C/N=C(N)c1ccc(-c2cccc(CNCCC3CCCCC3)c2F)cc1. The predicted octanol–water partition coefficient (Wildman–Crippen LogP) is 5.83. The van der Waals surface area contributed by atoms with Gasteiger partial charge < -0.3 is 15.8 Å². The molecule has 1 aliphatic rings. The molecule has 0 bridgehead atoms. The Kier molecular flexibility index (Phi) is 10.2. The zero-order chi connectivity index (χ0) is 26.0. The third-order valence-electron chi connectivity index (χ3n) is 6.50. The van der Waals surface area contributed by atoms with Crippen LogP contribution in [0.5, 0.6) is 0 Å². The van der Waals surface area contributed by atoms with Crippen LogP contribution in [0, 0.1) is 17.2 Å². The minimum atomic E-state index is -0.580. The van der Waals surface area contributed by atoms with Crippen molar-refractivity contribution in [3.8, 4) is 11.1 Å². The van der Waals surface area contributed by atoms with Gasteiger partial charge >= 0.3 is 5.97 Å². The number of hydrogen-bond donors (Lipinski definition) is 2. The van der Waals surface area contributed by atoms with E-state index in [0.29, 0.717) is 23.2 Å². The third-order valence-corrected chi connectivity index (χ3v) is 6.50. The third kappa shape index (κ3) is 8.26. The highest BCUT2D eigenvalue weighted by atomic mass is 19.1. The van der Waals surface area contributed by atoms with Crippen molar-refractivity contribution in [3.05, 3.63) is 59.4 Å². The van der Waals surface area contributed by atoms with Gasteiger partial charge in [-0.2, -0.15) is 0 Å². The maximum atomic E-state index is 15.2. The molecule has 36 heavy (non-hydrogen) atoms. The Bertz CT molecular complexity index is 1050. The summed E-state index contributed by atoms with van der Waals surface area (Å²) in [6, 6.07) is 12.8. The Balaban J connectivity index is 1.54. The molecule has 2 aromatic carbocycles. The number of carbonyl (C=O) groups excluding carboxylic acids is 1. The van der Waals surface area contributed by atoms with E-state index < -0.39 is 5.41 Å². The fraction of sp³-hybridized carbons (Fsp3) is 0.483. The summed E-state index contributed by atoms with van der Waals surface area (Å²) in [5, 5.41) is 3.42. The lowest BCUT2D eigenvalue weighted by Crippen LogP contribution is -2.22. The molecule has 0 aromatic heterocycles. The van der Waals surface area contributed by atoms with Crippen LogP contribution in [0.25, 0.3) is 11.1 Å². The molecule has 0 spiro atoms. The maximum Gasteiger partial charge on any atom is 0.313 e. The van der Waals surface area contributed by atoms with Crippen molar-refractivity contribution in [1.82, 2.24) is 5.32 Å². The van der Waals surface area contributed by atoms with Crippen molar-refractivity contribution in [2.24, 2.45) is 27.1 Å². The lowest BCUT2D eigenvalue weighted by atomic mass is 9.87. The quantitative estimate of drug-likeness (QED) is 0.188. The van der Waals surface area contributed by atoms with Crippen molar-refractivity contribution in [3.63, 3.8) is 0 Å². The van der Waals surface area contributed by atoms with Crippen molar-refractivity contribution < 1.29 is 13.9 Å². The predicted molar refractivity (Wildman–Crippen MR) is 144 cm³/mol. The van der Waals surface area contributed by atoms with Crippen LogP contribution in [0.4, 0.5) is 4.39 Å². The summed E-state index contributed by atoms with van der Waals surface area (Å²) in [5.41, 5.74) is 8.16. The second-order valence-electron chi connectivity index (χ2n) is 10.4. The summed E-state index contributed by atoms with van der Waals surface area (Å²) < 4.78 is 20.3. The molecule has 194 valence electrons. The number of hydrogen-bond acceptors (Lipinski definition) is 4. The molecule has 3 rings (SSSR count). The average Bonchev–Trinajstić information content (AvgIpc) is 2.87. The van der Waals surface area contributed by atoms with Crippen molar-refractivity contribution in [2.75, 3.05) is 13.3 Å². The Morgan fingerprint density at radius 2 is 1.86 bits per heavy atom. The summed E-state index contributed by atoms with van der Waals surface area (Å²) in [6.45, 7) is 6.65. The normalized spacial score (nSPS) is 15.4. The highest BCUT2D eigenvalue weighted by molar-refractivity contribution is 6.01. The molecule has 0 aliphatic heterocycles. The highest BCUT2D eigenvalue weighted by Gasteiger charge is 2.22. The number of esters is 1. The first-order valence-corrected chi connectivity index (χ1v) is 12.8. The number of carbonyl (C=O) groups is 1. The topological polar surface area (TPSA) is 89.1 Å². The van der Waals surface area contributed by atoms with Crippen LogP contribution in [-0.4, -0.2) is 31.4 Å². The standard InChI is InChI=1S/C29H39FN4O2/c1-29(2,3)28(35)36-20-33-19-34-27(31)23-14-12-22(13-15-23)25-11-7-10-24(26(25)30)18-32-17-16-21-8-5-4-6-9-21/h7,10-15,19,21,32H,4-6,8-9,16-18,20H2,1-3H3,(H2,31,33,34). The molecule has 1 aliphatic carbocycles. The van der Waals surface area contributed by atoms with Crippen molar-refractivity contribution in [1.29, 1.82) is 0 Å². The molecule has 0 unspecified atom stereocenters. The van der Waals surface area contributed by atoms with E-state index in [2.05, 4.69) is 15.3 Å². The van der Waals surface area contributed by atoms with Gasteiger partial charge in [0.2, 0.25) is 0 Å². The van der Waals surface area contributed by atoms with Gasteiger partial charge in [-0.05, 0) is 45.2 Å². The second kappa shape index (κ2) is 13.3. The van der Waals surface area contributed by atoms with Crippen LogP contribution in [-0.2, 0) is 16.1 Å². The number of benzene rings is 2. The zero-order valence-corrected chi connectivity index (χ0v) is 21.7. The van der Waals surface area contributed by atoms with E-state index in [4.69, 9.17) is 10.5 Å². The molecule has 1 saturated carbocycles. The van der Waals surface area contributed by atoms with Crippen LogP contribution in [0.15, 0.2) is 52.4 Å². The van der Waals surface area contributed by atoms with E-state index in [1.807, 2.05) is 24.3 Å². The summed E-state index contributed by atoms with van der Waals surface area (Å²) in [6.07, 6.45) is 9.15. The van der Waals surface area contributed by atoms with Crippen LogP contribution in [0.2, 0.25) is 0 Å². The fourth-order valence-corrected chi connectivity index (χ4v) is 4.29. The van der Waals surface area contributed by atoms with E-state index in [1.165, 1.54) is 44.9 Å². The summed E-state index contributed by atoms with van der Waals surface area (Å²) in [7, 11) is 0. The number of ether oxygens (including phenoxy) is 1. The number of nitrogens with two attached hydrogens (primary N) is 1. The number of nitrogens with one attached hydrogen (secondary N) is 1. The molecule has 3 N–H and O–H groups in total. The zero-order valence-electron chi connectivity index (χ0n) is 21.7. The molecule has 0 heterocycles. The van der Waals surface area contributed by atoms with Crippen LogP contribution in [0.3, 0.4) is 0 Å². The number of halogens is 1. The van der Waals surface area contributed by atoms with Gasteiger partial charge in [0.15, 0.2) is 6.73 Å². The summed E-state index contributed by atoms with van der Waals surface area (Å²) in [4.78, 5) is 19.8. The van der Waals surface area contributed by atoms with E-state index >= 15 is 4.39 Å². The number of nitrogens with zero attached hydrogens (tertiary/aromatic N) is 2. The Morgan fingerprint density at radius 1 is 1.14 bits per heavy atom. The van der Waals surface area contributed by atoms with Crippen molar-refractivity contribution in [2.45, 2.75) is 65.8 Å². The fourth-order valence-electron chi connectivity index (χ4n) is 4.29. The number of rotatable bonds is 10. The molecule has 0 amide bonds. The van der Waals surface area contributed by atoms with Gasteiger partial charge in [0.1, 0.15) is 18.0 Å². The van der Waals surface area contributed by atoms with Gasteiger partial charge in [-0.15, -0.1) is 0 Å². The Morgan fingerprint density at radius 3 is 2.56 bits per heavy atom. The van der Waals surface area contributed by atoms with E-state index in [-0.39, 0.29) is 24.4 Å².